The van der Waals surface area contributed by atoms with Crippen molar-refractivity contribution in [2.75, 3.05) is 0 Å². The molecule has 0 radical (unpaired) electrons. The maximum absolute atomic E-state index is 13.6. The molecule has 3 N–H and O–H groups in total. The number of nitrogens with one attached hydrogen (secondary N) is 1. The Morgan fingerprint density at radius 1 is 1.16 bits per heavy atom. The van der Waals surface area contributed by atoms with Gasteiger partial charge in [0.2, 0.25) is 5.91 Å². The molecule has 172 valence electrons. The van der Waals surface area contributed by atoms with Crippen LogP contribution in [0, 0.1) is 0 Å². The average Bonchev–Trinajstić information content (AvgIpc) is 2.78. The van der Waals surface area contributed by atoms with Crippen molar-refractivity contribution in [2.24, 2.45) is 5.73 Å². The summed E-state index contributed by atoms with van der Waals surface area (Å²) in [5, 5.41) is 3.13. The molecular weight excluding hydrogens is 404 g/mol. The lowest BCUT2D eigenvalue weighted by Gasteiger charge is -2.26. The van der Waals surface area contributed by atoms with Crippen LogP contribution in [0.4, 0.5) is 0 Å². The highest BCUT2D eigenvalue weighted by Gasteiger charge is 2.29. The SMILES string of the molecule is CCC(C)c1nc(-c2ccccc2)c(C(=O)NC2CCCCC2)n(C(C)CC(N)=O)c1=O. The quantitative estimate of drug-likeness (QED) is 0.651. The maximum Gasteiger partial charge on any atom is 0.273 e. The van der Waals surface area contributed by atoms with Crippen molar-refractivity contribution in [1.82, 2.24) is 14.9 Å². The largest absolute Gasteiger partial charge is 0.370 e. The number of aromatic nitrogens is 2. The molecule has 7 heteroatoms. The van der Waals surface area contributed by atoms with E-state index in [1.807, 2.05) is 44.2 Å². The van der Waals surface area contributed by atoms with Crippen molar-refractivity contribution in [3.05, 3.63) is 52.1 Å². The summed E-state index contributed by atoms with van der Waals surface area (Å²) in [5.74, 6) is -0.939. The van der Waals surface area contributed by atoms with Gasteiger partial charge in [-0.3, -0.25) is 19.0 Å². The number of nitrogens with zero attached hydrogens (tertiary/aromatic N) is 2. The fourth-order valence-electron chi connectivity index (χ4n) is 4.39. The summed E-state index contributed by atoms with van der Waals surface area (Å²) in [4.78, 5) is 43.6. The van der Waals surface area contributed by atoms with Crippen molar-refractivity contribution in [3.63, 3.8) is 0 Å². The van der Waals surface area contributed by atoms with E-state index in [-0.39, 0.29) is 35.5 Å². The molecule has 7 nitrogen and oxygen atoms in total. The van der Waals surface area contributed by atoms with Gasteiger partial charge >= 0.3 is 0 Å². The number of amides is 2. The second-order valence-electron chi connectivity index (χ2n) is 8.87. The van der Waals surface area contributed by atoms with Gasteiger partial charge in [-0.2, -0.15) is 0 Å². The molecular formula is C25H34N4O3. The Hall–Kier alpha value is -2.96. The predicted octanol–water partition coefficient (Wildman–Crippen LogP) is 3.92. The Morgan fingerprint density at radius 2 is 1.81 bits per heavy atom. The Kier molecular flexibility index (Phi) is 7.83. The highest BCUT2D eigenvalue weighted by Crippen LogP contribution is 2.27. The first-order chi connectivity index (χ1) is 15.3. The zero-order valence-corrected chi connectivity index (χ0v) is 19.3. The van der Waals surface area contributed by atoms with Crippen molar-refractivity contribution in [1.29, 1.82) is 0 Å². The zero-order valence-electron chi connectivity index (χ0n) is 19.3. The van der Waals surface area contributed by atoms with Crippen LogP contribution in [0.25, 0.3) is 11.3 Å². The van der Waals surface area contributed by atoms with Crippen LogP contribution >= 0.6 is 0 Å². The number of hydrogen-bond acceptors (Lipinski definition) is 4. The lowest BCUT2D eigenvalue weighted by Crippen LogP contribution is -2.42. The van der Waals surface area contributed by atoms with Crippen LogP contribution in [-0.4, -0.2) is 27.4 Å². The van der Waals surface area contributed by atoms with E-state index < -0.39 is 11.9 Å². The van der Waals surface area contributed by atoms with Gasteiger partial charge in [-0.15, -0.1) is 0 Å². The van der Waals surface area contributed by atoms with E-state index in [1.54, 1.807) is 6.92 Å². The molecule has 3 rings (SSSR count). The van der Waals surface area contributed by atoms with E-state index in [0.29, 0.717) is 11.4 Å². The van der Waals surface area contributed by atoms with E-state index in [2.05, 4.69) is 5.32 Å². The zero-order chi connectivity index (χ0) is 23.3. The van der Waals surface area contributed by atoms with Crippen LogP contribution in [0.1, 0.15) is 93.9 Å². The minimum Gasteiger partial charge on any atom is -0.370 e. The second kappa shape index (κ2) is 10.6. The average molecular weight is 439 g/mol. The first-order valence-corrected chi connectivity index (χ1v) is 11.6. The van der Waals surface area contributed by atoms with Gasteiger partial charge in [-0.1, -0.05) is 63.4 Å². The lowest BCUT2D eigenvalue weighted by atomic mass is 9.95. The molecule has 1 fully saturated rings. The molecule has 2 aromatic rings. The maximum atomic E-state index is 13.6. The first kappa shape index (κ1) is 23.7. The molecule has 32 heavy (non-hydrogen) atoms. The molecule has 1 saturated carbocycles. The number of primary amides is 1. The number of carbonyl (C=O) groups excluding carboxylic acids is 2. The molecule has 1 aromatic carbocycles. The minimum absolute atomic E-state index is 0.0399. The van der Waals surface area contributed by atoms with E-state index in [1.165, 1.54) is 11.0 Å². The van der Waals surface area contributed by atoms with Crippen molar-refractivity contribution < 1.29 is 9.59 Å². The van der Waals surface area contributed by atoms with Gasteiger partial charge in [0.1, 0.15) is 17.1 Å². The summed E-state index contributed by atoms with van der Waals surface area (Å²) in [7, 11) is 0. The normalized spacial score (nSPS) is 16.3. The van der Waals surface area contributed by atoms with Gasteiger partial charge in [0, 0.05) is 30.0 Å². The van der Waals surface area contributed by atoms with Crippen LogP contribution in [0.3, 0.4) is 0 Å². The third kappa shape index (κ3) is 5.26. The van der Waals surface area contributed by atoms with Crippen LogP contribution in [0.2, 0.25) is 0 Å². The fourth-order valence-corrected chi connectivity index (χ4v) is 4.39. The number of hydrogen-bond donors (Lipinski definition) is 2. The third-order valence-electron chi connectivity index (χ3n) is 6.35. The van der Waals surface area contributed by atoms with Gasteiger partial charge in [0.25, 0.3) is 11.5 Å². The molecule has 0 spiro atoms. The van der Waals surface area contributed by atoms with E-state index in [9.17, 15) is 14.4 Å². The van der Waals surface area contributed by atoms with Crippen LogP contribution in [0.15, 0.2) is 35.1 Å². The minimum atomic E-state index is -0.569. The van der Waals surface area contributed by atoms with Crippen LogP contribution in [0.5, 0.6) is 0 Å². The van der Waals surface area contributed by atoms with Gasteiger partial charge < -0.3 is 11.1 Å². The van der Waals surface area contributed by atoms with Gasteiger partial charge in [0.15, 0.2) is 0 Å². The summed E-state index contributed by atoms with van der Waals surface area (Å²) in [6.45, 7) is 5.69. The molecule has 0 aliphatic heterocycles. The topological polar surface area (TPSA) is 107 Å². The Labute approximate surface area is 189 Å². The standard InChI is InChI=1S/C25H34N4O3/c1-4-16(2)21-25(32)29(17(3)15-20(26)30)23(22(28-21)18-11-7-5-8-12-18)24(31)27-19-13-9-6-10-14-19/h5,7-8,11-12,16-17,19H,4,6,9-10,13-15H2,1-3H3,(H2,26,30)(H,27,31). The molecule has 0 saturated heterocycles. The molecule has 1 heterocycles. The van der Waals surface area contributed by atoms with Crippen molar-refractivity contribution in [3.8, 4) is 11.3 Å². The lowest BCUT2D eigenvalue weighted by molar-refractivity contribution is -0.118. The van der Waals surface area contributed by atoms with Gasteiger partial charge in [-0.25, -0.2) is 4.98 Å². The highest BCUT2D eigenvalue weighted by molar-refractivity contribution is 5.98. The molecule has 1 aromatic heterocycles. The molecule has 1 aliphatic carbocycles. The number of carbonyl (C=O) groups is 2. The van der Waals surface area contributed by atoms with Crippen molar-refractivity contribution in [2.45, 2.75) is 83.7 Å². The Morgan fingerprint density at radius 3 is 2.41 bits per heavy atom. The summed E-state index contributed by atoms with van der Waals surface area (Å²) in [5.41, 5.74) is 6.95. The van der Waals surface area contributed by atoms with Crippen LogP contribution in [-0.2, 0) is 4.79 Å². The number of nitrogens with two attached hydrogens (primary N) is 1. The fraction of sp³-hybridized carbons (Fsp3) is 0.520. The van der Waals surface area contributed by atoms with E-state index in [0.717, 1.165) is 37.7 Å². The molecule has 1 aliphatic rings. The summed E-state index contributed by atoms with van der Waals surface area (Å²) in [6.07, 6.45) is 5.86. The predicted molar refractivity (Wildman–Crippen MR) is 126 cm³/mol. The highest BCUT2D eigenvalue weighted by atomic mass is 16.2. The smallest absolute Gasteiger partial charge is 0.273 e. The molecule has 2 unspecified atom stereocenters. The van der Waals surface area contributed by atoms with Gasteiger partial charge in [0.05, 0.1) is 0 Å². The molecule has 2 amide bonds. The molecule has 2 atom stereocenters. The number of benzene rings is 1. The van der Waals surface area contributed by atoms with E-state index in [4.69, 9.17) is 10.7 Å². The first-order valence-electron chi connectivity index (χ1n) is 11.6. The van der Waals surface area contributed by atoms with E-state index >= 15 is 0 Å². The molecule has 0 bridgehead atoms. The summed E-state index contributed by atoms with van der Waals surface area (Å²) in [6, 6.07) is 8.92. The second-order valence-corrected chi connectivity index (χ2v) is 8.87. The summed E-state index contributed by atoms with van der Waals surface area (Å²) < 4.78 is 1.44. The van der Waals surface area contributed by atoms with Crippen molar-refractivity contribution >= 4 is 11.8 Å². The monoisotopic (exact) mass is 438 g/mol. The van der Waals surface area contributed by atoms with Gasteiger partial charge in [-0.05, 0) is 26.2 Å². The number of rotatable bonds is 8. The Balaban J connectivity index is 2.23. The summed E-state index contributed by atoms with van der Waals surface area (Å²) >= 11 is 0. The van der Waals surface area contributed by atoms with Crippen LogP contribution < -0.4 is 16.6 Å². The Bertz CT molecular complexity index is 1010. The third-order valence-corrected chi connectivity index (χ3v) is 6.35.